The van der Waals surface area contributed by atoms with E-state index < -0.39 is 0 Å². The molecule has 0 saturated heterocycles. The molecule has 0 aliphatic heterocycles. The molecular weight excluding hydrogens is 308 g/mol. The number of guanidine groups is 1. The highest BCUT2D eigenvalue weighted by Crippen LogP contribution is 2.30. The summed E-state index contributed by atoms with van der Waals surface area (Å²) in [4.78, 5) is 17.6. The van der Waals surface area contributed by atoms with E-state index in [1.54, 1.807) is 21.2 Å². The predicted molar refractivity (Wildman–Crippen MR) is 97.1 cm³/mol. The second-order valence-corrected chi connectivity index (χ2v) is 5.30. The minimum absolute atomic E-state index is 0.0580. The molecule has 0 aliphatic carbocycles. The number of rotatable bonds is 8. The maximum atomic E-state index is 11.7. The number of hydrogen-bond acceptors (Lipinski definition) is 4. The van der Waals surface area contributed by atoms with E-state index in [0.717, 1.165) is 18.7 Å². The minimum Gasteiger partial charge on any atom is -0.493 e. The van der Waals surface area contributed by atoms with Crippen molar-refractivity contribution in [3.8, 4) is 11.5 Å². The van der Waals surface area contributed by atoms with Crippen LogP contribution in [0.4, 0.5) is 5.69 Å². The van der Waals surface area contributed by atoms with Crippen LogP contribution in [0.3, 0.4) is 0 Å². The monoisotopic (exact) mass is 336 g/mol. The Labute approximate surface area is 144 Å². The quantitative estimate of drug-likeness (QED) is 0.561. The van der Waals surface area contributed by atoms with Crippen LogP contribution in [-0.2, 0) is 4.79 Å². The Morgan fingerprint density at radius 3 is 2.58 bits per heavy atom. The van der Waals surface area contributed by atoms with Gasteiger partial charge in [0.25, 0.3) is 0 Å². The smallest absolute Gasteiger partial charge is 0.243 e. The van der Waals surface area contributed by atoms with Crippen molar-refractivity contribution in [2.75, 3.05) is 46.2 Å². The van der Waals surface area contributed by atoms with Crippen LogP contribution in [0.1, 0.15) is 20.3 Å². The second-order valence-electron chi connectivity index (χ2n) is 5.30. The average molecular weight is 336 g/mol. The summed E-state index contributed by atoms with van der Waals surface area (Å²) in [5, 5.41) is 6.38. The molecule has 2 N–H and O–H groups in total. The first-order chi connectivity index (χ1) is 11.5. The van der Waals surface area contributed by atoms with Crippen molar-refractivity contribution < 1.29 is 14.3 Å². The lowest BCUT2D eigenvalue weighted by molar-refractivity contribution is -0.127. The van der Waals surface area contributed by atoms with Crippen molar-refractivity contribution in [3.05, 3.63) is 18.2 Å². The van der Waals surface area contributed by atoms with Gasteiger partial charge in [-0.05, 0) is 25.5 Å². The Balaban J connectivity index is 2.90. The largest absolute Gasteiger partial charge is 0.493 e. The highest BCUT2D eigenvalue weighted by molar-refractivity contribution is 5.95. The van der Waals surface area contributed by atoms with E-state index in [1.807, 2.05) is 25.1 Å². The third kappa shape index (κ3) is 6.36. The Morgan fingerprint density at radius 2 is 2.00 bits per heavy atom. The Morgan fingerprint density at radius 1 is 1.25 bits per heavy atom. The maximum absolute atomic E-state index is 11.7. The molecule has 24 heavy (non-hydrogen) atoms. The topological polar surface area (TPSA) is 75.2 Å². The average Bonchev–Trinajstić information content (AvgIpc) is 2.57. The number of nitrogens with zero attached hydrogens (tertiary/aromatic N) is 2. The highest BCUT2D eigenvalue weighted by atomic mass is 16.5. The Bertz CT molecular complexity index is 559. The van der Waals surface area contributed by atoms with Crippen LogP contribution < -0.4 is 20.1 Å². The van der Waals surface area contributed by atoms with Crippen LogP contribution in [0.25, 0.3) is 0 Å². The molecule has 7 nitrogen and oxygen atoms in total. The molecule has 0 radical (unpaired) electrons. The van der Waals surface area contributed by atoms with Crippen LogP contribution in [0, 0.1) is 0 Å². The van der Waals surface area contributed by atoms with E-state index in [9.17, 15) is 4.79 Å². The van der Waals surface area contributed by atoms with Gasteiger partial charge >= 0.3 is 0 Å². The number of amides is 1. The fourth-order valence-corrected chi connectivity index (χ4v) is 1.83. The molecule has 0 heterocycles. The summed E-state index contributed by atoms with van der Waals surface area (Å²) in [7, 11) is 5.03. The summed E-state index contributed by atoms with van der Waals surface area (Å²) < 4.78 is 10.9. The Kier molecular flexibility index (Phi) is 8.46. The van der Waals surface area contributed by atoms with Gasteiger partial charge < -0.3 is 25.0 Å². The molecule has 0 spiro atoms. The van der Waals surface area contributed by atoms with Crippen molar-refractivity contribution in [1.29, 1.82) is 0 Å². The molecule has 7 heteroatoms. The van der Waals surface area contributed by atoms with Gasteiger partial charge in [0.1, 0.15) is 6.54 Å². The third-order valence-electron chi connectivity index (χ3n) is 3.14. The first-order valence-corrected chi connectivity index (χ1v) is 8.08. The van der Waals surface area contributed by atoms with Gasteiger partial charge in [-0.2, -0.15) is 0 Å². The minimum atomic E-state index is -0.0580. The van der Waals surface area contributed by atoms with Crippen LogP contribution in [0.2, 0.25) is 0 Å². The molecule has 1 aromatic carbocycles. The van der Waals surface area contributed by atoms with Gasteiger partial charge in [0.05, 0.1) is 13.7 Å². The molecule has 1 rings (SSSR count). The van der Waals surface area contributed by atoms with Crippen LogP contribution >= 0.6 is 0 Å². The third-order valence-corrected chi connectivity index (χ3v) is 3.14. The Hall–Kier alpha value is -2.44. The van der Waals surface area contributed by atoms with Gasteiger partial charge in [-0.3, -0.25) is 4.79 Å². The van der Waals surface area contributed by atoms with Crippen molar-refractivity contribution in [2.45, 2.75) is 20.3 Å². The van der Waals surface area contributed by atoms with Gasteiger partial charge in [0.2, 0.25) is 5.91 Å². The van der Waals surface area contributed by atoms with Crippen molar-refractivity contribution in [1.82, 2.24) is 10.2 Å². The second kappa shape index (κ2) is 10.4. The van der Waals surface area contributed by atoms with Gasteiger partial charge in [-0.25, -0.2) is 4.99 Å². The normalized spacial score (nSPS) is 11.0. The van der Waals surface area contributed by atoms with Crippen LogP contribution in [-0.4, -0.2) is 57.7 Å². The molecule has 1 aromatic rings. The molecule has 0 saturated carbocycles. The van der Waals surface area contributed by atoms with Crippen molar-refractivity contribution >= 4 is 17.6 Å². The molecule has 0 atom stereocenters. The van der Waals surface area contributed by atoms with E-state index >= 15 is 0 Å². The van der Waals surface area contributed by atoms with E-state index in [1.165, 1.54) is 4.90 Å². The van der Waals surface area contributed by atoms with Crippen LogP contribution in [0.5, 0.6) is 11.5 Å². The van der Waals surface area contributed by atoms with Crippen molar-refractivity contribution in [3.63, 3.8) is 0 Å². The summed E-state index contributed by atoms with van der Waals surface area (Å²) in [6.07, 6.45) is 0.954. The molecule has 1 amide bonds. The van der Waals surface area contributed by atoms with E-state index in [0.29, 0.717) is 24.1 Å². The number of aliphatic imine (C=N–C) groups is 1. The number of hydrogen-bond donors (Lipinski definition) is 2. The molecule has 0 bridgehead atoms. The number of benzene rings is 1. The molecule has 0 aliphatic rings. The number of ether oxygens (including phenoxy) is 2. The summed E-state index contributed by atoms with van der Waals surface area (Å²) in [5.41, 5.74) is 0.805. The predicted octanol–water partition coefficient (Wildman–Crippen LogP) is 1.95. The van der Waals surface area contributed by atoms with E-state index in [2.05, 4.69) is 22.5 Å². The lowest BCUT2D eigenvalue weighted by Crippen LogP contribution is -2.33. The van der Waals surface area contributed by atoms with Gasteiger partial charge in [-0.1, -0.05) is 6.92 Å². The number of nitrogens with one attached hydrogen (secondary N) is 2. The van der Waals surface area contributed by atoms with Crippen molar-refractivity contribution in [2.24, 2.45) is 4.99 Å². The first-order valence-electron chi connectivity index (χ1n) is 8.08. The summed E-state index contributed by atoms with van der Waals surface area (Å²) >= 11 is 0. The fraction of sp³-hybridized carbons (Fsp3) is 0.529. The number of carbonyl (C=O) groups is 1. The number of methoxy groups -OCH3 is 1. The number of anilines is 1. The highest BCUT2D eigenvalue weighted by Gasteiger charge is 2.08. The van der Waals surface area contributed by atoms with Gasteiger partial charge in [0, 0.05) is 32.4 Å². The fourth-order valence-electron chi connectivity index (χ4n) is 1.83. The zero-order valence-electron chi connectivity index (χ0n) is 15.2. The van der Waals surface area contributed by atoms with E-state index in [4.69, 9.17) is 9.47 Å². The zero-order chi connectivity index (χ0) is 17.9. The van der Waals surface area contributed by atoms with Crippen LogP contribution in [0.15, 0.2) is 23.2 Å². The first kappa shape index (κ1) is 19.6. The number of likely N-dealkylation sites (N-methyl/N-ethyl adjacent to an activating group) is 1. The lowest BCUT2D eigenvalue weighted by Gasteiger charge is -2.15. The van der Waals surface area contributed by atoms with E-state index in [-0.39, 0.29) is 12.5 Å². The molecular formula is C17H28N4O3. The summed E-state index contributed by atoms with van der Waals surface area (Å²) in [6.45, 7) is 5.38. The number of carbonyl (C=O) groups excluding carboxylic acids is 1. The summed E-state index contributed by atoms with van der Waals surface area (Å²) in [6, 6.07) is 5.55. The maximum Gasteiger partial charge on any atom is 0.243 e. The summed E-state index contributed by atoms with van der Waals surface area (Å²) in [5.74, 6) is 1.83. The lowest BCUT2D eigenvalue weighted by atomic mass is 10.2. The molecule has 0 fully saturated rings. The van der Waals surface area contributed by atoms with Gasteiger partial charge in [-0.15, -0.1) is 0 Å². The molecule has 0 aromatic heterocycles. The molecule has 134 valence electrons. The standard InChI is InChI=1S/C17H28N4O3/c1-6-10-18-17(19-12-16(22)21(3)4)20-13-8-9-14(23-5)15(11-13)24-7-2/h8-9,11H,6-7,10,12H2,1-5H3,(H2,18,19,20). The SMILES string of the molecule is CCCNC(=NCC(=O)N(C)C)Nc1ccc(OC)c(OCC)c1. The van der Waals surface area contributed by atoms with Gasteiger partial charge in [0.15, 0.2) is 17.5 Å². The molecule has 0 unspecified atom stereocenters. The zero-order valence-corrected chi connectivity index (χ0v) is 15.2.